The van der Waals surface area contributed by atoms with Gasteiger partial charge >= 0.3 is 0 Å². The summed E-state index contributed by atoms with van der Waals surface area (Å²) in [6.07, 6.45) is 2.11. The molecule has 0 radical (unpaired) electrons. The molecule has 1 unspecified atom stereocenters. The first-order valence-corrected chi connectivity index (χ1v) is 11.8. The SMILES string of the molecule is CCCC(c1nnnn1Cc1ccc2c(c1)OCO2)N1CCN(c2cc(C)ccc2C)CC1.Cl. The topological polar surface area (TPSA) is 68.5 Å². The lowest BCUT2D eigenvalue weighted by atomic mass is 10.1. The summed E-state index contributed by atoms with van der Waals surface area (Å²) >= 11 is 0. The van der Waals surface area contributed by atoms with Crippen LogP contribution < -0.4 is 14.4 Å². The van der Waals surface area contributed by atoms with Gasteiger partial charge in [0, 0.05) is 31.9 Å². The van der Waals surface area contributed by atoms with Crippen LogP contribution in [0.15, 0.2) is 36.4 Å². The van der Waals surface area contributed by atoms with E-state index in [0.29, 0.717) is 6.54 Å². The number of benzene rings is 2. The molecular formula is C25H33ClN6O2. The lowest BCUT2D eigenvalue weighted by Gasteiger charge is -2.40. The van der Waals surface area contributed by atoms with Crippen molar-refractivity contribution in [3.63, 3.8) is 0 Å². The van der Waals surface area contributed by atoms with Gasteiger partial charge in [0.15, 0.2) is 17.3 Å². The van der Waals surface area contributed by atoms with Crippen molar-refractivity contribution >= 4 is 18.1 Å². The van der Waals surface area contributed by atoms with Crippen LogP contribution in [-0.4, -0.2) is 58.1 Å². The molecule has 1 aromatic heterocycles. The molecule has 1 saturated heterocycles. The maximum absolute atomic E-state index is 5.54. The number of tetrazole rings is 1. The van der Waals surface area contributed by atoms with E-state index in [1.54, 1.807) is 0 Å². The molecule has 3 heterocycles. The zero-order chi connectivity index (χ0) is 22.8. The Bertz CT molecular complexity index is 1110. The van der Waals surface area contributed by atoms with Crippen molar-refractivity contribution in [2.45, 2.75) is 46.2 Å². The van der Waals surface area contributed by atoms with E-state index in [1.807, 2.05) is 16.8 Å². The van der Waals surface area contributed by atoms with E-state index in [4.69, 9.17) is 9.47 Å². The fourth-order valence-electron chi connectivity index (χ4n) is 4.86. The van der Waals surface area contributed by atoms with E-state index in [9.17, 15) is 0 Å². The van der Waals surface area contributed by atoms with Crippen molar-refractivity contribution < 1.29 is 9.47 Å². The highest BCUT2D eigenvalue weighted by atomic mass is 35.5. The van der Waals surface area contributed by atoms with E-state index in [0.717, 1.165) is 61.9 Å². The molecule has 34 heavy (non-hydrogen) atoms. The molecular weight excluding hydrogens is 452 g/mol. The van der Waals surface area contributed by atoms with Gasteiger partial charge in [0.1, 0.15) is 0 Å². The lowest BCUT2D eigenvalue weighted by molar-refractivity contribution is 0.164. The zero-order valence-electron chi connectivity index (χ0n) is 20.1. The number of aryl methyl sites for hydroxylation is 2. The predicted molar refractivity (Wildman–Crippen MR) is 134 cm³/mol. The number of hydrogen-bond acceptors (Lipinski definition) is 7. The second-order valence-corrected chi connectivity index (χ2v) is 9.00. The summed E-state index contributed by atoms with van der Waals surface area (Å²) in [7, 11) is 0. The monoisotopic (exact) mass is 484 g/mol. The summed E-state index contributed by atoms with van der Waals surface area (Å²) in [5, 5.41) is 12.8. The Kier molecular flexibility index (Phi) is 7.58. The van der Waals surface area contributed by atoms with Gasteiger partial charge in [-0.05, 0) is 65.6 Å². The second-order valence-electron chi connectivity index (χ2n) is 9.00. The average molecular weight is 485 g/mol. The molecule has 0 N–H and O–H groups in total. The molecule has 0 bridgehead atoms. The Labute approximate surface area is 207 Å². The van der Waals surface area contributed by atoms with Gasteiger partial charge in [0.2, 0.25) is 6.79 Å². The summed E-state index contributed by atoms with van der Waals surface area (Å²) in [6.45, 7) is 11.5. The Hall–Kier alpha value is -2.84. The van der Waals surface area contributed by atoms with Gasteiger partial charge in [-0.1, -0.05) is 31.5 Å². The first-order chi connectivity index (χ1) is 16.1. The maximum atomic E-state index is 5.54. The molecule has 1 fully saturated rings. The van der Waals surface area contributed by atoms with Crippen molar-refractivity contribution in [2.75, 3.05) is 37.9 Å². The van der Waals surface area contributed by atoms with Crippen LogP contribution in [0.2, 0.25) is 0 Å². The van der Waals surface area contributed by atoms with Gasteiger partial charge in [-0.3, -0.25) is 4.90 Å². The van der Waals surface area contributed by atoms with Crippen LogP contribution in [-0.2, 0) is 6.54 Å². The highest BCUT2D eigenvalue weighted by molar-refractivity contribution is 5.85. The van der Waals surface area contributed by atoms with Crippen LogP contribution in [0.4, 0.5) is 5.69 Å². The molecule has 182 valence electrons. The number of halogens is 1. The number of rotatable bonds is 7. The minimum absolute atomic E-state index is 0. The molecule has 0 spiro atoms. The summed E-state index contributed by atoms with van der Waals surface area (Å²) < 4.78 is 12.9. The van der Waals surface area contributed by atoms with E-state index >= 15 is 0 Å². The first-order valence-electron chi connectivity index (χ1n) is 11.8. The highest BCUT2D eigenvalue weighted by Crippen LogP contribution is 2.33. The maximum Gasteiger partial charge on any atom is 0.231 e. The van der Waals surface area contributed by atoms with Crippen LogP contribution in [0.5, 0.6) is 11.5 Å². The second kappa shape index (κ2) is 10.6. The minimum atomic E-state index is 0. The van der Waals surface area contributed by atoms with Gasteiger partial charge < -0.3 is 14.4 Å². The predicted octanol–water partition coefficient (Wildman–Crippen LogP) is 4.15. The van der Waals surface area contributed by atoms with Crippen LogP contribution >= 0.6 is 12.4 Å². The summed E-state index contributed by atoms with van der Waals surface area (Å²) in [5.74, 6) is 2.52. The quantitative estimate of drug-likeness (QED) is 0.499. The average Bonchev–Trinajstić information content (AvgIpc) is 3.48. The molecule has 2 aliphatic heterocycles. The number of ether oxygens (including phenoxy) is 2. The fraction of sp³-hybridized carbons (Fsp3) is 0.480. The molecule has 0 aliphatic carbocycles. The van der Waals surface area contributed by atoms with Gasteiger partial charge in [0.25, 0.3) is 0 Å². The molecule has 5 rings (SSSR count). The van der Waals surface area contributed by atoms with Crippen molar-refractivity contribution in [2.24, 2.45) is 0 Å². The number of piperazine rings is 1. The van der Waals surface area contributed by atoms with E-state index < -0.39 is 0 Å². The number of nitrogens with zero attached hydrogens (tertiary/aromatic N) is 6. The van der Waals surface area contributed by atoms with Crippen LogP contribution in [0, 0.1) is 13.8 Å². The van der Waals surface area contributed by atoms with E-state index in [-0.39, 0.29) is 25.2 Å². The van der Waals surface area contributed by atoms with Gasteiger partial charge in [-0.2, -0.15) is 0 Å². The summed E-state index contributed by atoms with van der Waals surface area (Å²) in [6, 6.07) is 13.0. The Morgan fingerprint density at radius 1 is 0.971 bits per heavy atom. The third kappa shape index (κ3) is 4.98. The molecule has 3 aromatic rings. The molecule has 9 heteroatoms. The molecule has 0 amide bonds. The number of anilines is 1. The molecule has 1 atom stereocenters. The first kappa shape index (κ1) is 24.3. The summed E-state index contributed by atoms with van der Waals surface area (Å²) in [5.41, 5.74) is 5.11. The van der Waals surface area contributed by atoms with E-state index in [1.165, 1.54) is 16.8 Å². The number of fused-ring (bicyclic) bond motifs is 1. The molecule has 8 nitrogen and oxygen atoms in total. The highest BCUT2D eigenvalue weighted by Gasteiger charge is 2.29. The number of hydrogen-bond donors (Lipinski definition) is 0. The fourth-order valence-corrected chi connectivity index (χ4v) is 4.86. The van der Waals surface area contributed by atoms with Gasteiger partial charge in [-0.25, -0.2) is 4.68 Å². The standard InChI is InChI=1S/C25H32N6O2.ClH/c1-4-5-21(29-10-12-30(13-11-29)22-14-18(2)6-7-19(22)3)25-26-27-28-31(25)16-20-8-9-23-24(15-20)33-17-32-23;/h6-9,14-15,21H,4-5,10-13,16-17H2,1-3H3;1H. The van der Waals surface area contributed by atoms with Gasteiger partial charge in [0.05, 0.1) is 12.6 Å². The lowest BCUT2D eigenvalue weighted by Crippen LogP contribution is -2.48. The minimum Gasteiger partial charge on any atom is -0.454 e. The van der Waals surface area contributed by atoms with Crippen molar-refractivity contribution in [1.82, 2.24) is 25.1 Å². The molecule has 2 aliphatic rings. The number of aromatic nitrogens is 4. The van der Waals surface area contributed by atoms with Crippen LogP contribution in [0.25, 0.3) is 0 Å². The largest absolute Gasteiger partial charge is 0.454 e. The Morgan fingerprint density at radius 3 is 2.56 bits per heavy atom. The van der Waals surface area contributed by atoms with Crippen molar-refractivity contribution in [1.29, 1.82) is 0 Å². The zero-order valence-corrected chi connectivity index (χ0v) is 20.9. The third-order valence-corrected chi connectivity index (χ3v) is 6.65. The molecule has 2 aromatic carbocycles. The smallest absolute Gasteiger partial charge is 0.231 e. The summed E-state index contributed by atoms with van der Waals surface area (Å²) in [4.78, 5) is 5.06. The van der Waals surface area contributed by atoms with Gasteiger partial charge in [-0.15, -0.1) is 17.5 Å². The van der Waals surface area contributed by atoms with Crippen molar-refractivity contribution in [3.05, 3.63) is 58.9 Å². The molecule has 0 saturated carbocycles. The van der Waals surface area contributed by atoms with Crippen molar-refractivity contribution in [3.8, 4) is 11.5 Å². The van der Waals surface area contributed by atoms with Crippen LogP contribution in [0.1, 0.15) is 48.3 Å². The van der Waals surface area contributed by atoms with E-state index in [2.05, 4.69) is 70.4 Å². The van der Waals surface area contributed by atoms with Crippen LogP contribution in [0.3, 0.4) is 0 Å². The Balaban J connectivity index is 0.00000274. The third-order valence-electron chi connectivity index (χ3n) is 6.65. The normalized spacial score (nSPS) is 16.4. The Morgan fingerprint density at radius 2 is 1.76 bits per heavy atom.